The van der Waals surface area contributed by atoms with Crippen LogP contribution in [0.4, 0.5) is 0 Å². The molecule has 8 nitrogen and oxygen atoms in total. The van der Waals surface area contributed by atoms with Crippen molar-refractivity contribution in [2.45, 2.75) is 6.92 Å². The van der Waals surface area contributed by atoms with Crippen LogP contribution in [-0.4, -0.2) is 40.2 Å². The average Bonchev–Trinajstić information content (AvgIpc) is 2.88. The number of aromatic nitrogens is 8. The fourth-order valence-electron chi connectivity index (χ4n) is 1.34. The summed E-state index contributed by atoms with van der Waals surface area (Å²) < 4.78 is 1.64. The van der Waals surface area contributed by atoms with Crippen LogP contribution < -0.4 is 0 Å². The lowest BCUT2D eigenvalue weighted by atomic mass is 10.3. The molecule has 3 rings (SSSR count). The van der Waals surface area contributed by atoms with Crippen molar-refractivity contribution in [3.63, 3.8) is 0 Å². The van der Waals surface area contributed by atoms with Gasteiger partial charge in [0, 0.05) is 5.69 Å². The van der Waals surface area contributed by atoms with Crippen molar-refractivity contribution in [2.75, 3.05) is 0 Å². The molecule has 3 heterocycles. The maximum absolute atomic E-state index is 4.24. The molecule has 0 spiro atoms. The van der Waals surface area contributed by atoms with Gasteiger partial charge in [-0.15, -0.1) is 10.2 Å². The summed E-state index contributed by atoms with van der Waals surface area (Å²) in [7, 11) is 0. The number of aryl methyl sites for hydroxylation is 1. The summed E-state index contributed by atoms with van der Waals surface area (Å²) in [6.07, 6.45) is 1.45. The Morgan fingerprint density at radius 1 is 1.40 bits per heavy atom. The minimum Gasteiger partial charge on any atom is -0.207 e. The Hall–Kier alpha value is -2.38. The van der Waals surface area contributed by atoms with Crippen LogP contribution in [0.5, 0.6) is 0 Å². The Morgan fingerprint density at radius 2 is 2.33 bits per heavy atom. The summed E-state index contributed by atoms with van der Waals surface area (Å²) in [4.78, 5) is 8.25. The number of hydrogen-bond acceptors (Lipinski definition) is 6. The van der Waals surface area contributed by atoms with E-state index in [9.17, 15) is 0 Å². The Balaban J connectivity index is 2.29. The van der Waals surface area contributed by atoms with E-state index in [4.69, 9.17) is 0 Å². The molecule has 0 atom stereocenters. The number of H-pyrrole nitrogens is 1. The van der Waals surface area contributed by atoms with Crippen molar-refractivity contribution >= 4 is 5.78 Å². The minimum atomic E-state index is 0.448. The second kappa shape index (κ2) is 2.80. The zero-order valence-corrected chi connectivity index (χ0v) is 7.79. The molecular formula is C7H6N8. The molecule has 1 N–H and O–H groups in total. The van der Waals surface area contributed by atoms with Gasteiger partial charge in [0.1, 0.15) is 12.0 Å². The van der Waals surface area contributed by atoms with Gasteiger partial charge in [-0.1, -0.05) is 0 Å². The molecule has 0 radical (unpaired) electrons. The number of hydrogen-bond donors (Lipinski definition) is 1. The van der Waals surface area contributed by atoms with Crippen LogP contribution in [0.25, 0.3) is 17.3 Å². The fourth-order valence-corrected chi connectivity index (χ4v) is 1.34. The van der Waals surface area contributed by atoms with Crippen LogP contribution in [-0.2, 0) is 0 Å². The molecule has 8 heteroatoms. The quantitative estimate of drug-likeness (QED) is 0.577. The molecule has 15 heavy (non-hydrogen) atoms. The van der Waals surface area contributed by atoms with E-state index in [1.807, 2.05) is 13.0 Å². The highest BCUT2D eigenvalue weighted by Gasteiger charge is 2.09. The third kappa shape index (κ3) is 1.15. The normalized spacial score (nSPS) is 11.0. The molecular weight excluding hydrogens is 196 g/mol. The summed E-state index contributed by atoms with van der Waals surface area (Å²) in [6, 6.07) is 1.83. The van der Waals surface area contributed by atoms with Crippen molar-refractivity contribution in [2.24, 2.45) is 0 Å². The van der Waals surface area contributed by atoms with E-state index in [1.165, 1.54) is 6.33 Å². The van der Waals surface area contributed by atoms with Gasteiger partial charge in [0.15, 0.2) is 0 Å². The van der Waals surface area contributed by atoms with Gasteiger partial charge in [-0.05, 0) is 18.2 Å². The Kier molecular flexibility index (Phi) is 1.49. The summed E-state index contributed by atoms with van der Waals surface area (Å²) in [6.45, 7) is 1.91. The van der Waals surface area contributed by atoms with Gasteiger partial charge in [0.05, 0.1) is 0 Å². The van der Waals surface area contributed by atoms with Crippen molar-refractivity contribution in [1.82, 2.24) is 40.2 Å². The third-order valence-corrected chi connectivity index (χ3v) is 2.00. The number of aromatic amines is 1. The van der Waals surface area contributed by atoms with Crippen LogP contribution in [0.3, 0.4) is 0 Å². The van der Waals surface area contributed by atoms with E-state index >= 15 is 0 Å². The summed E-state index contributed by atoms with van der Waals surface area (Å²) in [5.74, 6) is 0.971. The molecule has 0 aliphatic heterocycles. The predicted molar refractivity (Wildman–Crippen MR) is 48.7 cm³/mol. The maximum Gasteiger partial charge on any atom is 0.253 e. The van der Waals surface area contributed by atoms with E-state index in [2.05, 4.69) is 35.7 Å². The Morgan fingerprint density at radius 3 is 3.13 bits per heavy atom. The van der Waals surface area contributed by atoms with Gasteiger partial charge in [-0.25, -0.2) is 9.50 Å². The first-order valence-electron chi connectivity index (χ1n) is 4.26. The summed E-state index contributed by atoms with van der Waals surface area (Å²) in [5, 5.41) is 17.6. The van der Waals surface area contributed by atoms with Crippen molar-refractivity contribution in [1.29, 1.82) is 0 Å². The molecule has 74 valence electrons. The zero-order valence-electron chi connectivity index (χ0n) is 7.79. The molecule has 0 unspecified atom stereocenters. The van der Waals surface area contributed by atoms with Crippen LogP contribution in [0.15, 0.2) is 12.4 Å². The molecule has 0 fully saturated rings. The van der Waals surface area contributed by atoms with Crippen molar-refractivity contribution in [3.8, 4) is 11.5 Å². The average molecular weight is 202 g/mol. The molecule has 0 bridgehead atoms. The van der Waals surface area contributed by atoms with Crippen LogP contribution in [0.1, 0.15) is 5.69 Å². The molecule has 0 aliphatic rings. The van der Waals surface area contributed by atoms with Gasteiger partial charge < -0.3 is 0 Å². The smallest absolute Gasteiger partial charge is 0.207 e. The first kappa shape index (κ1) is 7.97. The summed E-state index contributed by atoms with van der Waals surface area (Å²) in [5.41, 5.74) is 1.54. The molecule has 3 aromatic heterocycles. The van der Waals surface area contributed by atoms with Gasteiger partial charge in [-0.3, -0.25) is 0 Å². The van der Waals surface area contributed by atoms with Crippen LogP contribution >= 0.6 is 0 Å². The minimum absolute atomic E-state index is 0.448. The van der Waals surface area contributed by atoms with Crippen LogP contribution in [0.2, 0.25) is 0 Å². The van der Waals surface area contributed by atoms with Gasteiger partial charge in [0.2, 0.25) is 5.82 Å². The molecule has 3 aromatic rings. The van der Waals surface area contributed by atoms with E-state index in [1.54, 1.807) is 4.52 Å². The fraction of sp³-hybridized carbons (Fsp3) is 0.143. The highest BCUT2D eigenvalue weighted by molar-refractivity contribution is 5.51. The zero-order chi connectivity index (χ0) is 10.3. The number of tetrazole rings is 1. The molecule has 0 aromatic carbocycles. The van der Waals surface area contributed by atoms with E-state index in [0.29, 0.717) is 17.3 Å². The monoisotopic (exact) mass is 202 g/mol. The van der Waals surface area contributed by atoms with E-state index < -0.39 is 0 Å². The molecule has 0 amide bonds. The second-order valence-corrected chi connectivity index (χ2v) is 2.99. The molecule has 0 saturated heterocycles. The second-order valence-electron chi connectivity index (χ2n) is 2.99. The standard InChI is InChI=1S/C7H6N8/c1-4-2-5(6-11-13-14-12-6)10-7-8-3-9-15(4)7/h2-3H,1H3,(H,11,12,13,14). The number of nitrogens with one attached hydrogen (secondary N) is 1. The van der Waals surface area contributed by atoms with Crippen LogP contribution in [0, 0.1) is 6.92 Å². The molecule has 0 saturated carbocycles. The van der Waals surface area contributed by atoms with Gasteiger partial charge in [0.25, 0.3) is 5.78 Å². The SMILES string of the molecule is Cc1cc(-c2nn[nH]n2)nc2ncnn12. The van der Waals surface area contributed by atoms with Crippen molar-refractivity contribution < 1.29 is 0 Å². The van der Waals surface area contributed by atoms with Gasteiger partial charge >= 0.3 is 0 Å². The predicted octanol–water partition coefficient (Wildman–Crippen LogP) is -0.387. The third-order valence-electron chi connectivity index (χ3n) is 2.00. The Bertz CT molecular complexity index is 595. The summed E-state index contributed by atoms with van der Waals surface area (Å²) >= 11 is 0. The van der Waals surface area contributed by atoms with E-state index in [-0.39, 0.29) is 0 Å². The lowest BCUT2D eigenvalue weighted by Gasteiger charge is -1.98. The highest BCUT2D eigenvalue weighted by atomic mass is 15.5. The largest absolute Gasteiger partial charge is 0.253 e. The maximum atomic E-state index is 4.24. The first-order chi connectivity index (χ1) is 7.34. The van der Waals surface area contributed by atoms with Crippen molar-refractivity contribution in [3.05, 3.63) is 18.1 Å². The number of fused-ring (bicyclic) bond motifs is 1. The highest BCUT2D eigenvalue weighted by Crippen LogP contribution is 2.12. The van der Waals surface area contributed by atoms with E-state index in [0.717, 1.165) is 5.69 Å². The lowest BCUT2D eigenvalue weighted by molar-refractivity contribution is 0.881. The topological polar surface area (TPSA) is 97.5 Å². The van der Waals surface area contributed by atoms with Gasteiger partial charge in [-0.2, -0.15) is 15.3 Å². The number of rotatable bonds is 1. The number of nitrogens with zero attached hydrogens (tertiary/aromatic N) is 7. The lowest BCUT2D eigenvalue weighted by Crippen LogP contribution is -1.98. The Labute approximate surface area is 83.4 Å². The first-order valence-corrected chi connectivity index (χ1v) is 4.26. The molecule has 0 aliphatic carbocycles.